The van der Waals surface area contributed by atoms with Crippen LogP contribution in [0.5, 0.6) is 0 Å². The predicted octanol–water partition coefficient (Wildman–Crippen LogP) is 1.01. The van der Waals surface area contributed by atoms with Gasteiger partial charge in [0, 0.05) is 12.1 Å². The molecule has 0 atom stereocenters. The minimum absolute atomic E-state index is 0.0269. The van der Waals surface area contributed by atoms with Crippen LogP contribution >= 0.6 is 12.2 Å². The minimum Gasteiger partial charge on any atom is -0.375 e. The van der Waals surface area contributed by atoms with Gasteiger partial charge in [0.25, 0.3) is 0 Å². The fourth-order valence-corrected chi connectivity index (χ4v) is 2.69. The maximum atomic E-state index is 12.0. The Labute approximate surface area is 118 Å². The molecule has 0 radical (unpaired) electrons. The molecule has 0 saturated carbocycles. The van der Waals surface area contributed by atoms with Crippen molar-refractivity contribution < 1.29 is 8.42 Å². The summed E-state index contributed by atoms with van der Waals surface area (Å²) >= 11 is 4.61. The van der Waals surface area contributed by atoms with Crippen LogP contribution in [0.1, 0.15) is 12.0 Å². The van der Waals surface area contributed by atoms with Crippen LogP contribution < -0.4 is 16.6 Å². The van der Waals surface area contributed by atoms with Gasteiger partial charge in [-0.25, -0.2) is 8.42 Å². The summed E-state index contributed by atoms with van der Waals surface area (Å²) in [5.41, 5.74) is 11.9. The van der Waals surface area contributed by atoms with Gasteiger partial charge >= 0.3 is 0 Å². The van der Waals surface area contributed by atoms with Crippen molar-refractivity contribution in [2.75, 3.05) is 5.75 Å². The monoisotopic (exact) mass is 299 g/mol. The van der Waals surface area contributed by atoms with Crippen molar-refractivity contribution in [3.05, 3.63) is 42.1 Å². The summed E-state index contributed by atoms with van der Waals surface area (Å²) in [5.74, 6) is -0.0269. The molecule has 1 rings (SSSR count). The third-order valence-corrected chi connectivity index (χ3v) is 4.25. The van der Waals surface area contributed by atoms with Gasteiger partial charge in [-0.2, -0.15) is 0 Å². The van der Waals surface area contributed by atoms with Crippen LogP contribution in [0.2, 0.25) is 0 Å². The zero-order chi connectivity index (χ0) is 14.5. The van der Waals surface area contributed by atoms with Crippen LogP contribution in [-0.4, -0.2) is 19.3 Å². The second-order valence-corrected chi connectivity index (χ2v) is 6.65. The number of sulfone groups is 1. The molecule has 5 nitrogen and oxygen atoms in total. The van der Waals surface area contributed by atoms with Crippen LogP contribution in [0, 0.1) is 6.92 Å². The number of rotatable bonds is 6. The van der Waals surface area contributed by atoms with Gasteiger partial charge in [0.1, 0.15) is 0 Å². The van der Waals surface area contributed by atoms with E-state index in [1.165, 1.54) is 0 Å². The molecule has 104 valence electrons. The standard InChI is InChI=1S/C12H17N3O2S2/c1-9-3-5-11(6-4-9)19(16,17)8-7-10(2)14-15-12(13)18/h3-6,14H,2,7-8H2,1H3,(H3,13,15,18). The van der Waals surface area contributed by atoms with Crippen LogP contribution in [0.25, 0.3) is 0 Å². The number of nitrogens with two attached hydrogens (primary N) is 1. The summed E-state index contributed by atoms with van der Waals surface area (Å²) < 4.78 is 24.1. The molecule has 0 saturated heterocycles. The molecule has 0 bridgehead atoms. The lowest BCUT2D eigenvalue weighted by Crippen LogP contribution is -2.40. The van der Waals surface area contributed by atoms with Crippen molar-refractivity contribution >= 4 is 27.2 Å². The van der Waals surface area contributed by atoms with Crippen LogP contribution in [0.3, 0.4) is 0 Å². The van der Waals surface area contributed by atoms with Crippen molar-refractivity contribution in [2.24, 2.45) is 5.73 Å². The second-order valence-electron chi connectivity index (χ2n) is 4.10. The fourth-order valence-electron chi connectivity index (χ4n) is 1.33. The molecule has 0 aliphatic carbocycles. The summed E-state index contributed by atoms with van der Waals surface area (Å²) in [5, 5.41) is 0.0718. The molecule has 0 aromatic heterocycles. The Morgan fingerprint density at radius 2 is 1.89 bits per heavy atom. The molecule has 0 spiro atoms. The van der Waals surface area contributed by atoms with Crippen molar-refractivity contribution in [3.63, 3.8) is 0 Å². The maximum Gasteiger partial charge on any atom is 0.182 e. The Morgan fingerprint density at radius 3 is 2.42 bits per heavy atom. The quantitative estimate of drug-likeness (QED) is 0.537. The van der Waals surface area contributed by atoms with Crippen LogP contribution in [0.4, 0.5) is 0 Å². The number of hydrazine groups is 1. The van der Waals surface area contributed by atoms with Gasteiger partial charge in [0.2, 0.25) is 0 Å². The molecule has 1 aromatic carbocycles. The van der Waals surface area contributed by atoms with E-state index >= 15 is 0 Å². The summed E-state index contributed by atoms with van der Waals surface area (Å²) in [6, 6.07) is 6.75. The first-order chi connectivity index (χ1) is 8.81. The van der Waals surface area contributed by atoms with Gasteiger partial charge in [-0.15, -0.1) is 0 Å². The first-order valence-corrected chi connectivity index (χ1v) is 7.66. The zero-order valence-electron chi connectivity index (χ0n) is 10.6. The van der Waals surface area contributed by atoms with Crippen molar-refractivity contribution in [1.82, 2.24) is 10.9 Å². The Morgan fingerprint density at radius 1 is 1.32 bits per heavy atom. The summed E-state index contributed by atoms with van der Waals surface area (Å²) in [6.07, 6.45) is 0.270. The first kappa shape index (κ1) is 15.5. The fraction of sp³-hybridized carbons (Fsp3) is 0.250. The average Bonchev–Trinajstić information content (AvgIpc) is 2.34. The van der Waals surface area contributed by atoms with Gasteiger partial charge in [-0.05, 0) is 31.3 Å². The molecule has 19 heavy (non-hydrogen) atoms. The smallest absolute Gasteiger partial charge is 0.182 e. The normalized spacial score (nSPS) is 10.8. The van der Waals surface area contributed by atoms with Gasteiger partial charge in [0.05, 0.1) is 10.6 Å². The summed E-state index contributed by atoms with van der Waals surface area (Å²) in [7, 11) is -3.30. The molecule has 1 aromatic rings. The number of benzene rings is 1. The van der Waals surface area contributed by atoms with E-state index < -0.39 is 9.84 Å². The molecule has 0 amide bonds. The molecule has 0 aliphatic heterocycles. The van der Waals surface area contributed by atoms with E-state index in [-0.39, 0.29) is 17.3 Å². The Bertz CT molecular complexity index is 565. The highest BCUT2D eigenvalue weighted by molar-refractivity contribution is 7.91. The molecular formula is C12H17N3O2S2. The molecule has 0 heterocycles. The lowest BCUT2D eigenvalue weighted by atomic mass is 10.2. The first-order valence-electron chi connectivity index (χ1n) is 5.60. The predicted molar refractivity (Wildman–Crippen MR) is 80.0 cm³/mol. The Kier molecular flexibility index (Phi) is 5.31. The van der Waals surface area contributed by atoms with Crippen molar-refractivity contribution in [3.8, 4) is 0 Å². The van der Waals surface area contributed by atoms with Gasteiger partial charge in [-0.1, -0.05) is 24.3 Å². The van der Waals surface area contributed by atoms with E-state index in [9.17, 15) is 8.42 Å². The van der Waals surface area contributed by atoms with Crippen molar-refractivity contribution in [2.45, 2.75) is 18.2 Å². The minimum atomic E-state index is -3.30. The molecule has 4 N–H and O–H groups in total. The highest BCUT2D eigenvalue weighted by atomic mass is 32.2. The van der Waals surface area contributed by atoms with Crippen molar-refractivity contribution in [1.29, 1.82) is 0 Å². The number of hydrogen-bond acceptors (Lipinski definition) is 4. The van der Waals surface area contributed by atoms with E-state index in [4.69, 9.17) is 5.73 Å². The topological polar surface area (TPSA) is 84.2 Å². The lowest BCUT2D eigenvalue weighted by Gasteiger charge is -2.10. The largest absolute Gasteiger partial charge is 0.375 e. The number of nitrogens with one attached hydrogen (secondary N) is 2. The molecular weight excluding hydrogens is 282 g/mol. The third kappa shape index (κ3) is 5.27. The zero-order valence-corrected chi connectivity index (χ0v) is 12.3. The SMILES string of the molecule is C=C(CCS(=O)(=O)c1ccc(C)cc1)NNC(N)=S. The van der Waals surface area contributed by atoms with Crippen LogP contribution in [-0.2, 0) is 9.84 Å². The van der Waals surface area contributed by atoms with E-state index in [1.807, 2.05) is 6.92 Å². The van der Waals surface area contributed by atoms with E-state index in [0.29, 0.717) is 10.6 Å². The Hall–Kier alpha value is -1.60. The van der Waals surface area contributed by atoms with E-state index in [0.717, 1.165) is 5.56 Å². The second kappa shape index (κ2) is 6.53. The molecule has 7 heteroatoms. The number of hydrogen-bond donors (Lipinski definition) is 3. The van der Waals surface area contributed by atoms with Gasteiger partial charge in [-0.3, -0.25) is 5.43 Å². The molecule has 0 fully saturated rings. The highest BCUT2D eigenvalue weighted by Crippen LogP contribution is 2.13. The number of aryl methyl sites for hydroxylation is 1. The van der Waals surface area contributed by atoms with E-state index in [1.54, 1.807) is 24.3 Å². The van der Waals surface area contributed by atoms with E-state index in [2.05, 4.69) is 29.6 Å². The maximum absolute atomic E-state index is 12.0. The third-order valence-electron chi connectivity index (χ3n) is 2.42. The molecule has 0 aliphatic rings. The van der Waals surface area contributed by atoms with Gasteiger partial charge < -0.3 is 11.2 Å². The Balaban J connectivity index is 2.58. The van der Waals surface area contributed by atoms with Gasteiger partial charge in [0.15, 0.2) is 14.9 Å². The highest BCUT2D eigenvalue weighted by Gasteiger charge is 2.14. The lowest BCUT2D eigenvalue weighted by molar-refractivity contribution is 0.593. The number of thiocarbonyl (C=S) groups is 1. The molecule has 0 unspecified atom stereocenters. The summed E-state index contributed by atoms with van der Waals surface area (Å²) in [4.78, 5) is 0.313. The van der Waals surface area contributed by atoms with Crippen LogP contribution in [0.15, 0.2) is 41.4 Å². The average molecular weight is 299 g/mol. The number of allylic oxidation sites excluding steroid dienone is 1. The summed E-state index contributed by atoms with van der Waals surface area (Å²) in [6.45, 7) is 5.59.